The van der Waals surface area contributed by atoms with E-state index in [0.29, 0.717) is 18.9 Å². The highest BCUT2D eigenvalue weighted by molar-refractivity contribution is 5.85. The summed E-state index contributed by atoms with van der Waals surface area (Å²) in [5, 5.41) is 0. The van der Waals surface area contributed by atoms with Gasteiger partial charge in [-0.1, -0.05) is 13.0 Å². The first kappa shape index (κ1) is 18.1. The molecule has 0 bridgehead atoms. The Bertz CT molecular complexity index is 560. The summed E-state index contributed by atoms with van der Waals surface area (Å²) in [5.74, 6) is 1.62. The molecule has 4 nitrogen and oxygen atoms in total. The average molecular weight is 339 g/mol. The van der Waals surface area contributed by atoms with E-state index >= 15 is 0 Å². The van der Waals surface area contributed by atoms with Gasteiger partial charge >= 0.3 is 0 Å². The van der Waals surface area contributed by atoms with Crippen LogP contribution in [0, 0.1) is 19.8 Å². The average Bonchev–Trinajstić information content (AvgIpc) is 2.89. The quantitative estimate of drug-likeness (QED) is 0.901. The lowest BCUT2D eigenvalue weighted by Crippen LogP contribution is -2.53. The molecule has 2 aliphatic rings. The zero-order chi connectivity index (χ0) is 15.9. The second-order valence-corrected chi connectivity index (χ2v) is 6.91. The fourth-order valence-corrected chi connectivity index (χ4v) is 3.60. The number of nitrogens with two attached hydrogens (primary N) is 1. The lowest BCUT2D eigenvalue weighted by molar-refractivity contribution is -0.142. The smallest absolute Gasteiger partial charge is 0.264 e. The molecular formula is C18H27ClN2O2. The highest BCUT2D eigenvalue weighted by atomic mass is 35.5. The van der Waals surface area contributed by atoms with Crippen LogP contribution in [-0.4, -0.2) is 36.0 Å². The van der Waals surface area contributed by atoms with Crippen LogP contribution < -0.4 is 10.5 Å². The number of rotatable bonds is 2. The van der Waals surface area contributed by atoms with Gasteiger partial charge in [0, 0.05) is 25.6 Å². The van der Waals surface area contributed by atoms with Crippen molar-refractivity contribution in [2.45, 2.75) is 52.2 Å². The van der Waals surface area contributed by atoms with Gasteiger partial charge in [-0.15, -0.1) is 12.4 Å². The van der Waals surface area contributed by atoms with Gasteiger partial charge in [-0.3, -0.25) is 4.79 Å². The van der Waals surface area contributed by atoms with E-state index in [9.17, 15) is 4.79 Å². The van der Waals surface area contributed by atoms with Crippen LogP contribution in [0.15, 0.2) is 12.1 Å². The van der Waals surface area contributed by atoms with Crippen molar-refractivity contribution in [3.05, 3.63) is 28.8 Å². The zero-order valence-corrected chi connectivity index (χ0v) is 15.0. The number of halogens is 1. The molecular weight excluding hydrogens is 312 g/mol. The number of benzene rings is 1. The first-order chi connectivity index (χ1) is 10.5. The minimum atomic E-state index is -0.376. The minimum Gasteiger partial charge on any atom is -0.480 e. The summed E-state index contributed by atoms with van der Waals surface area (Å²) in [7, 11) is 0. The molecule has 3 rings (SSSR count). The summed E-state index contributed by atoms with van der Waals surface area (Å²) >= 11 is 0. The largest absolute Gasteiger partial charge is 0.480 e. The van der Waals surface area contributed by atoms with Gasteiger partial charge in [0.25, 0.3) is 5.91 Å². The molecule has 23 heavy (non-hydrogen) atoms. The molecule has 0 aromatic heterocycles. The first-order valence-electron chi connectivity index (χ1n) is 8.27. The third-order valence-corrected chi connectivity index (χ3v) is 5.16. The molecule has 3 unspecified atom stereocenters. The molecule has 0 spiro atoms. The van der Waals surface area contributed by atoms with Crippen molar-refractivity contribution in [1.29, 1.82) is 0 Å². The summed E-state index contributed by atoms with van der Waals surface area (Å²) in [5.41, 5.74) is 9.49. The zero-order valence-electron chi connectivity index (χ0n) is 14.2. The molecule has 2 N–H and O–H groups in total. The number of carbonyl (C=O) groups is 1. The number of hydrogen-bond donors (Lipinski definition) is 1. The Morgan fingerprint density at radius 1 is 1.35 bits per heavy atom. The van der Waals surface area contributed by atoms with Crippen molar-refractivity contribution in [2.24, 2.45) is 11.7 Å². The third kappa shape index (κ3) is 3.48. The lowest BCUT2D eigenvalue weighted by Gasteiger charge is -2.39. The maximum atomic E-state index is 12.9. The Balaban J connectivity index is 0.00000192. The fourth-order valence-electron chi connectivity index (χ4n) is 3.60. The summed E-state index contributed by atoms with van der Waals surface area (Å²) in [6.07, 6.45) is 2.36. The second-order valence-electron chi connectivity index (χ2n) is 6.91. The summed E-state index contributed by atoms with van der Waals surface area (Å²) in [6.45, 7) is 7.74. The molecule has 128 valence electrons. The molecule has 0 aliphatic carbocycles. The molecule has 5 heteroatoms. The molecule has 1 aromatic rings. The number of fused-ring (bicyclic) bond motifs is 1. The highest BCUT2D eigenvalue weighted by Gasteiger charge is 2.37. The highest BCUT2D eigenvalue weighted by Crippen LogP contribution is 2.33. The molecule has 2 heterocycles. The molecule has 0 saturated carbocycles. The van der Waals surface area contributed by atoms with E-state index < -0.39 is 0 Å². The molecule has 3 atom stereocenters. The van der Waals surface area contributed by atoms with E-state index in [2.05, 4.69) is 32.9 Å². The molecule has 1 saturated heterocycles. The van der Waals surface area contributed by atoms with Gasteiger partial charge in [-0.05, 0) is 55.4 Å². The van der Waals surface area contributed by atoms with Crippen LogP contribution in [0.5, 0.6) is 5.75 Å². The summed E-state index contributed by atoms with van der Waals surface area (Å²) in [4.78, 5) is 14.8. The Labute approximate surface area is 144 Å². The van der Waals surface area contributed by atoms with Crippen LogP contribution in [0.1, 0.15) is 36.5 Å². The summed E-state index contributed by atoms with van der Waals surface area (Å²) < 4.78 is 5.95. The van der Waals surface area contributed by atoms with Crippen molar-refractivity contribution in [1.82, 2.24) is 4.90 Å². The van der Waals surface area contributed by atoms with Gasteiger partial charge in [-0.25, -0.2) is 0 Å². The standard InChI is InChI=1S/C18H26N2O2.ClH/c1-11-4-5-20(15(6-11)10-19)18(21)17-9-14-7-12(2)13(3)8-16(14)22-17;/h7-8,11,15,17H,4-6,9-10,19H2,1-3H3;1H. The second kappa shape index (κ2) is 7.10. The monoisotopic (exact) mass is 338 g/mol. The van der Waals surface area contributed by atoms with Crippen LogP contribution in [-0.2, 0) is 11.2 Å². The Kier molecular flexibility index (Phi) is 5.58. The number of ether oxygens (including phenoxy) is 1. The molecule has 1 aromatic carbocycles. The maximum Gasteiger partial charge on any atom is 0.264 e. The Hall–Kier alpha value is -1.26. The number of piperidine rings is 1. The third-order valence-electron chi connectivity index (χ3n) is 5.16. The van der Waals surface area contributed by atoms with Crippen LogP contribution in [0.2, 0.25) is 0 Å². The molecule has 0 radical (unpaired) electrons. The molecule has 1 amide bonds. The van der Waals surface area contributed by atoms with Crippen LogP contribution in [0.3, 0.4) is 0 Å². The van der Waals surface area contributed by atoms with Crippen molar-refractivity contribution in [2.75, 3.05) is 13.1 Å². The number of nitrogens with zero attached hydrogens (tertiary/aromatic N) is 1. The number of amides is 1. The van der Waals surface area contributed by atoms with Gasteiger partial charge in [0.15, 0.2) is 6.10 Å². The molecule has 1 fully saturated rings. The van der Waals surface area contributed by atoms with E-state index in [1.165, 1.54) is 11.1 Å². The normalized spacial score (nSPS) is 26.3. The van der Waals surface area contributed by atoms with Gasteiger partial charge in [-0.2, -0.15) is 0 Å². The molecule has 2 aliphatic heterocycles. The predicted octanol–water partition coefficient (Wildman–Crippen LogP) is 2.61. The van der Waals surface area contributed by atoms with Crippen LogP contribution in [0.25, 0.3) is 0 Å². The number of carbonyl (C=O) groups excluding carboxylic acids is 1. The van der Waals surface area contributed by atoms with E-state index in [-0.39, 0.29) is 30.5 Å². The van der Waals surface area contributed by atoms with Crippen molar-refractivity contribution in [3.8, 4) is 5.75 Å². The number of likely N-dealkylation sites (tertiary alicyclic amines) is 1. The van der Waals surface area contributed by atoms with E-state index in [4.69, 9.17) is 10.5 Å². The van der Waals surface area contributed by atoms with Gasteiger partial charge < -0.3 is 15.4 Å². The van der Waals surface area contributed by atoms with Crippen LogP contribution >= 0.6 is 12.4 Å². The van der Waals surface area contributed by atoms with Gasteiger partial charge in [0.05, 0.1) is 0 Å². The van der Waals surface area contributed by atoms with Crippen molar-refractivity contribution >= 4 is 18.3 Å². The van der Waals surface area contributed by atoms with Crippen molar-refractivity contribution < 1.29 is 9.53 Å². The first-order valence-corrected chi connectivity index (χ1v) is 8.27. The SMILES string of the molecule is Cc1cc2c(cc1C)OC(C(=O)N1CCC(C)CC1CN)C2.Cl. The van der Waals surface area contributed by atoms with Gasteiger partial charge in [0.2, 0.25) is 0 Å². The van der Waals surface area contributed by atoms with Gasteiger partial charge in [0.1, 0.15) is 5.75 Å². The number of hydrogen-bond acceptors (Lipinski definition) is 3. The number of aryl methyl sites for hydroxylation is 2. The lowest BCUT2D eigenvalue weighted by atomic mass is 9.91. The Morgan fingerprint density at radius 3 is 2.74 bits per heavy atom. The van der Waals surface area contributed by atoms with E-state index in [1.807, 2.05) is 4.90 Å². The van der Waals surface area contributed by atoms with E-state index in [1.54, 1.807) is 0 Å². The Morgan fingerprint density at radius 2 is 2.04 bits per heavy atom. The maximum absolute atomic E-state index is 12.9. The van der Waals surface area contributed by atoms with E-state index in [0.717, 1.165) is 30.7 Å². The van der Waals surface area contributed by atoms with Crippen LogP contribution in [0.4, 0.5) is 0 Å². The fraction of sp³-hybridized carbons (Fsp3) is 0.611. The minimum absolute atomic E-state index is 0. The topological polar surface area (TPSA) is 55.6 Å². The predicted molar refractivity (Wildman–Crippen MR) is 94.2 cm³/mol. The van der Waals surface area contributed by atoms with Crippen molar-refractivity contribution in [3.63, 3.8) is 0 Å². The summed E-state index contributed by atoms with van der Waals surface area (Å²) in [6, 6.07) is 4.36.